The molecule has 12 heavy (non-hydrogen) atoms. The maximum Gasteiger partial charge on any atom is 0.219 e. The van der Waals surface area contributed by atoms with Crippen molar-refractivity contribution in [1.82, 2.24) is 4.90 Å². The minimum absolute atomic E-state index is 0.244. The number of hydrogen-bond acceptors (Lipinski definition) is 1. The van der Waals surface area contributed by atoms with E-state index in [1.165, 1.54) is 6.42 Å². The second-order valence-corrected chi connectivity index (χ2v) is 3.81. The van der Waals surface area contributed by atoms with Crippen LogP contribution in [0.4, 0.5) is 0 Å². The lowest BCUT2D eigenvalue weighted by Crippen LogP contribution is -2.45. The summed E-state index contributed by atoms with van der Waals surface area (Å²) < 4.78 is 0. The Hall–Kier alpha value is -0.790. The monoisotopic (exact) mass is 165 g/mol. The molecule has 1 fully saturated rings. The summed E-state index contributed by atoms with van der Waals surface area (Å²) in [5.74, 6) is 0.994. The number of fused-ring (bicyclic) bond motifs is 2. The van der Waals surface area contributed by atoms with Crippen molar-refractivity contribution in [2.75, 3.05) is 6.54 Å². The fourth-order valence-electron chi connectivity index (χ4n) is 2.32. The molecule has 2 atom stereocenters. The highest BCUT2D eigenvalue weighted by atomic mass is 16.2. The molecular formula is C10H15NO. The van der Waals surface area contributed by atoms with Crippen LogP contribution in [-0.4, -0.2) is 23.4 Å². The van der Waals surface area contributed by atoms with E-state index in [1.807, 2.05) is 4.90 Å². The van der Waals surface area contributed by atoms with Crippen molar-refractivity contribution < 1.29 is 4.79 Å². The summed E-state index contributed by atoms with van der Waals surface area (Å²) in [6.45, 7) is 2.65. The Morgan fingerprint density at radius 1 is 1.58 bits per heavy atom. The molecule has 0 saturated carbocycles. The summed E-state index contributed by atoms with van der Waals surface area (Å²) in [7, 11) is 0. The molecular weight excluding hydrogens is 150 g/mol. The van der Waals surface area contributed by atoms with E-state index in [9.17, 15) is 4.79 Å². The van der Waals surface area contributed by atoms with E-state index in [1.54, 1.807) is 6.92 Å². The molecule has 2 rings (SSSR count). The summed E-state index contributed by atoms with van der Waals surface area (Å²) in [5.41, 5.74) is 0. The smallest absolute Gasteiger partial charge is 0.219 e. The molecule has 2 heteroatoms. The van der Waals surface area contributed by atoms with E-state index in [-0.39, 0.29) is 5.91 Å². The predicted molar refractivity (Wildman–Crippen MR) is 47.7 cm³/mol. The van der Waals surface area contributed by atoms with E-state index in [0.717, 1.165) is 25.3 Å². The van der Waals surface area contributed by atoms with E-state index < -0.39 is 0 Å². The summed E-state index contributed by atoms with van der Waals surface area (Å²) >= 11 is 0. The highest BCUT2D eigenvalue weighted by molar-refractivity contribution is 5.73. The first kappa shape index (κ1) is 7.84. The van der Waals surface area contributed by atoms with E-state index in [4.69, 9.17) is 0 Å². The fraction of sp³-hybridized carbons (Fsp3) is 0.700. The van der Waals surface area contributed by atoms with Crippen LogP contribution < -0.4 is 0 Å². The van der Waals surface area contributed by atoms with Gasteiger partial charge in [-0.15, -0.1) is 0 Å². The van der Waals surface area contributed by atoms with Crippen molar-refractivity contribution in [2.45, 2.75) is 32.2 Å². The summed E-state index contributed by atoms with van der Waals surface area (Å²) in [5, 5.41) is 0. The Kier molecular flexibility index (Phi) is 1.91. The molecule has 0 aromatic rings. The Labute approximate surface area is 73.2 Å². The number of nitrogens with zero attached hydrogens (tertiary/aromatic N) is 1. The summed E-state index contributed by atoms with van der Waals surface area (Å²) in [6, 6.07) is 0.506. The van der Waals surface area contributed by atoms with Crippen molar-refractivity contribution in [3.8, 4) is 0 Å². The third-order valence-corrected chi connectivity index (χ3v) is 2.98. The van der Waals surface area contributed by atoms with Crippen LogP contribution in [0.2, 0.25) is 0 Å². The van der Waals surface area contributed by atoms with Crippen LogP contribution in [-0.2, 0) is 4.79 Å². The van der Waals surface area contributed by atoms with Crippen LogP contribution in [0, 0.1) is 5.92 Å². The first-order valence-electron chi connectivity index (χ1n) is 4.71. The normalized spacial score (nSPS) is 33.6. The van der Waals surface area contributed by atoms with Gasteiger partial charge in [-0.3, -0.25) is 4.79 Å². The topological polar surface area (TPSA) is 20.3 Å². The van der Waals surface area contributed by atoms with Crippen LogP contribution in [0.5, 0.6) is 0 Å². The van der Waals surface area contributed by atoms with Crippen molar-refractivity contribution in [3.05, 3.63) is 12.2 Å². The van der Waals surface area contributed by atoms with Gasteiger partial charge in [-0.05, 0) is 25.2 Å². The average molecular weight is 165 g/mol. The van der Waals surface area contributed by atoms with Crippen LogP contribution in [0.1, 0.15) is 26.2 Å². The minimum atomic E-state index is 0.244. The van der Waals surface area contributed by atoms with Gasteiger partial charge in [0.2, 0.25) is 5.91 Å². The second-order valence-electron chi connectivity index (χ2n) is 3.81. The van der Waals surface area contributed by atoms with E-state index in [2.05, 4.69) is 12.2 Å². The molecule has 0 radical (unpaired) electrons. The minimum Gasteiger partial charge on any atom is -0.340 e. The number of allylic oxidation sites excluding steroid dienone is 1. The molecule has 1 saturated heterocycles. The zero-order valence-corrected chi connectivity index (χ0v) is 7.49. The van der Waals surface area contributed by atoms with Crippen LogP contribution >= 0.6 is 0 Å². The predicted octanol–water partition coefficient (Wildman–Crippen LogP) is 1.57. The number of piperidine rings is 1. The molecule has 2 nitrogen and oxygen atoms in total. The van der Waals surface area contributed by atoms with Crippen molar-refractivity contribution in [2.24, 2.45) is 5.92 Å². The Bertz CT molecular complexity index is 222. The molecule has 0 unspecified atom stereocenters. The van der Waals surface area contributed by atoms with Gasteiger partial charge < -0.3 is 4.90 Å². The molecule has 1 aliphatic carbocycles. The second kappa shape index (κ2) is 2.92. The summed E-state index contributed by atoms with van der Waals surface area (Å²) in [4.78, 5) is 13.2. The standard InChI is InChI=1S/C10H15NO/c1-8(12)11-6-5-9-3-2-4-10(11)7-9/h2-3,9-10H,4-7H2,1H3/t9-,10-/m1/s1. The van der Waals surface area contributed by atoms with Gasteiger partial charge in [-0.2, -0.15) is 0 Å². The molecule has 2 bridgehead atoms. The lowest BCUT2D eigenvalue weighted by atomic mass is 9.84. The molecule has 1 heterocycles. The molecule has 1 aliphatic heterocycles. The van der Waals surface area contributed by atoms with Gasteiger partial charge in [0.15, 0.2) is 0 Å². The number of rotatable bonds is 0. The Morgan fingerprint density at radius 3 is 3.17 bits per heavy atom. The zero-order chi connectivity index (χ0) is 8.55. The van der Waals surface area contributed by atoms with Gasteiger partial charge in [0, 0.05) is 19.5 Å². The SMILES string of the molecule is CC(=O)N1CC[C@H]2C=CC[C@@H]1C2. The van der Waals surface area contributed by atoms with Gasteiger partial charge >= 0.3 is 0 Å². The third-order valence-electron chi connectivity index (χ3n) is 2.98. The van der Waals surface area contributed by atoms with Crippen LogP contribution in [0.25, 0.3) is 0 Å². The number of carbonyl (C=O) groups is 1. The average Bonchev–Trinajstić information content (AvgIpc) is 2.04. The largest absolute Gasteiger partial charge is 0.340 e. The van der Waals surface area contributed by atoms with Gasteiger partial charge in [0.1, 0.15) is 0 Å². The molecule has 0 N–H and O–H groups in total. The molecule has 66 valence electrons. The molecule has 0 aromatic heterocycles. The van der Waals surface area contributed by atoms with Crippen molar-refractivity contribution in [3.63, 3.8) is 0 Å². The number of carbonyl (C=O) groups excluding carboxylic acids is 1. The summed E-state index contributed by atoms with van der Waals surface area (Å²) in [6.07, 6.45) is 7.96. The first-order valence-corrected chi connectivity index (χ1v) is 4.71. The Morgan fingerprint density at radius 2 is 2.42 bits per heavy atom. The van der Waals surface area contributed by atoms with Gasteiger partial charge in [-0.25, -0.2) is 0 Å². The van der Waals surface area contributed by atoms with Gasteiger partial charge in [0.05, 0.1) is 0 Å². The molecule has 0 spiro atoms. The molecule has 1 amide bonds. The quantitative estimate of drug-likeness (QED) is 0.499. The fourth-order valence-corrected chi connectivity index (χ4v) is 2.32. The van der Waals surface area contributed by atoms with Gasteiger partial charge in [0.25, 0.3) is 0 Å². The van der Waals surface area contributed by atoms with Crippen molar-refractivity contribution in [1.29, 1.82) is 0 Å². The number of amides is 1. The number of hydrogen-bond donors (Lipinski definition) is 0. The van der Waals surface area contributed by atoms with Crippen molar-refractivity contribution >= 4 is 5.91 Å². The maximum absolute atomic E-state index is 11.2. The molecule has 2 aliphatic rings. The number of likely N-dealkylation sites (tertiary alicyclic amines) is 1. The highest BCUT2D eigenvalue weighted by Gasteiger charge is 2.29. The first-order chi connectivity index (χ1) is 5.77. The lowest BCUT2D eigenvalue weighted by molar-refractivity contribution is -0.133. The van der Waals surface area contributed by atoms with Crippen LogP contribution in [0.15, 0.2) is 12.2 Å². The highest BCUT2D eigenvalue weighted by Crippen LogP contribution is 2.29. The van der Waals surface area contributed by atoms with Gasteiger partial charge in [-0.1, -0.05) is 12.2 Å². The van der Waals surface area contributed by atoms with Crippen LogP contribution in [0.3, 0.4) is 0 Å². The molecule has 0 aromatic carbocycles. The lowest BCUT2D eigenvalue weighted by Gasteiger charge is -2.40. The Balaban J connectivity index is 2.11. The van der Waals surface area contributed by atoms with E-state index in [0.29, 0.717) is 6.04 Å². The van der Waals surface area contributed by atoms with E-state index >= 15 is 0 Å². The maximum atomic E-state index is 11.2. The zero-order valence-electron chi connectivity index (χ0n) is 7.49. The third kappa shape index (κ3) is 1.26.